The van der Waals surface area contributed by atoms with Crippen molar-refractivity contribution < 1.29 is 14.3 Å². The summed E-state index contributed by atoms with van der Waals surface area (Å²) in [5.41, 5.74) is 3.60. The Bertz CT molecular complexity index is 1050. The molecule has 3 aromatic rings. The van der Waals surface area contributed by atoms with E-state index in [1.165, 1.54) is 0 Å². The number of halogens is 1. The van der Waals surface area contributed by atoms with E-state index in [1.807, 2.05) is 54.6 Å². The number of fused-ring (bicyclic) bond motifs is 1. The van der Waals surface area contributed by atoms with Gasteiger partial charge >= 0.3 is 0 Å². The molecule has 0 aliphatic rings. The zero-order chi connectivity index (χ0) is 20.6. The zero-order valence-corrected chi connectivity index (χ0v) is 17.4. The van der Waals surface area contributed by atoms with Crippen molar-refractivity contribution in [3.8, 4) is 5.75 Å². The number of carbonyl (C=O) groups is 2. The number of rotatable bonds is 7. The summed E-state index contributed by atoms with van der Waals surface area (Å²) in [6, 6.07) is 20.8. The van der Waals surface area contributed by atoms with E-state index in [2.05, 4.69) is 31.8 Å². The molecule has 7 heteroatoms. The maximum Gasteiger partial charge on any atom is 0.277 e. The molecule has 6 nitrogen and oxygen atoms in total. The monoisotopic (exact) mass is 453 g/mol. The molecule has 0 spiro atoms. The highest BCUT2D eigenvalue weighted by atomic mass is 79.9. The summed E-state index contributed by atoms with van der Waals surface area (Å²) in [7, 11) is 0. The molecule has 29 heavy (non-hydrogen) atoms. The Labute approximate surface area is 177 Å². The Morgan fingerprint density at radius 3 is 2.48 bits per heavy atom. The van der Waals surface area contributed by atoms with Gasteiger partial charge in [-0.2, -0.15) is 5.10 Å². The molecule has 0 bridgehead atoms. The molecular weight excluding hydrogens is 434 g/mol. The highest BCUT2D eigenvalue weighted by molar-refractivity contribution is 9.10. The molecule has 148 valence electrons. The van der Waals surface area contributed by atoms with E-state index in [-0.39, 0.29) is 18.9 Å². The van der Waals surface area contributed by atoms with Crippen molar-refractivity contribution >= 4 is 49.9 Å². The van der Waals surface area contributed by atoms with Gasteiger partial charge in [0.15, 0.2) is 6.61 Å². The van der Waals surface area contributed by atoms with E-state index in [9.17, 15) is 9.59 Å². The largest absolute Gasteiger partial charge is 0.483 e. The van der Waals surface area contributed by atoms with Crippen molar-refractivity contribution in [2.45, 2.75) is 13.3 Å². The van der Waals surface area contributed by atoms with E-state index >= 15 is 0 Å². The van der Waals surface area contributed by atoms with Crippen molar-refractivity contribution in [2.24, 2.45) is 5.10 Å². The number of nitrogens with one attached hydrogen (secondary N) is 2. The first kappa shape index (κ1) is 20.5. The number of nitrogens with zero attached hydrogens (tertiary/aromatic N) is 1. The van der Waals surface area contributed by atoms with Crippen LogP contribution in [0.5, 0.6) is 5.75 Å². The second-order valence-electron chi connectivity index (χ2n) is 6.36. The van der Waals surface area contributed by atoms with Crippen LogP contribution < -0.4 is 15.5 Å². The first-order chi connectivity index (χ1) is 14.0. The predicted octanol–water partition coefficient (Wildman–Crippen LogP) is 4.50. The summed E-state index contributed by atoms with van der Waals surface area (Å²) in [5.74, 6) is -0.0438. The SMILES string of the molecule is C/C(CC(=O)Nc1ccccc1)=N\NC(=O)COc1ccc2ccccc2c1Br. The van der Waals surface area contributed by atoms with Crippen LogP contribution in [0.4, 0.5) is 5.69 Å². The number of carbonyl (C=O) groups excluding carboxylic acids is 2. The third-order valence-corrected chi connectivity index (χ3v) is 4.85. The molecule has 0 radical (unpaired) electrons. The van der Waals surface area contributed by atoms with Crippen molar-refractivity contribution in [2.75, 3.05) is 11.9 Å². The molecule has 0 aliphatic heterocycles. The topological polar surface area (TPSA) is 79.8 Å². The van der Waals surface area contributed by atoms with Crippen LogP contribution in [-0.2, 0) is 9.59 Å². The van der Waals surface area contributed by atoms with Crippen LogP contribution >= 0.6 is 15.9 Å². The number of hydrogen-bond acceptors (Lipinski definition) is 4. The molecule has 3 aromatic carbocycles. The van der Waals surface area contributed by atoms with Crippen molar-refractivity contribution in [1.82, 2.24) is 5.43 Å². The van der Waals surface area contributed by atoms with Gasteiger partial charge in [-0.3, -0.25) is 9.59 Å². The molecule has 2 N–H and O–H groups in total. The van der Waals surface area contributed by atoms with E-state index in [4.69, 9.17) is 4.74 Å². The third kappa shape index (κ3) is 5.89. The summed E-state index contributed by atoms with van der Waals surface area (Å²) in [5, 5.41) is 8.80. The molecule has 0 saturated heterocycles. The van der Waals surface area contributed by atoms with E-state index in [0.717, 1.165) is 15.2 Å². The van der Waals surface area contributed by atoms with Crippen LogP contribution in [0.1, 0.15) is 13.3 Å². The molecule has 0 aromatic heterocycles. The van der Waals surface area contributed by atoms with Crippen LogP contribution in [0.15, 0.2) is 76.3 Å². The average Bonchev–Trinajstić information content (AvgIpc) is 2.72. The van der Waals surface area contributed by atoms with Gasteiger partial charge < -0.3 is 10.1 Å². The summed E-state index contributed by atoms with van der Waals surface area (Å²) in [6.07, 6.45) is 0.0756. The van der Waals surface area contributed by atoms with Crippen LogP contribution in [0, 0.1) is 0 Å². The molecule has 0 unspecified atom stereocenters. The molecule has 2 amide bonds. The van der Waals surface area contributed by atoms with Gasteiger partial charge in [-0.15, -0.1) is 0 Å². The van der Waals surface area contributed by atoms with Gasteiger partial charge in [0.25, 0.3) is 5.91 Å². The number of benzene rings is 3. The molecular formula is C22H20BrN3O3. The summed E-state index contributed by atoms with van der Waals surface area (Å²) in [4.78, 5) is 24.0. The number of para-hydroxylation sites is 1. The number of ether oxygens (including phenoxy) is 1. The predicted molar refractivity (Wildman–Crippen MR) is 118 cm³/mol. The van der Waals surface area contributed by atoms with Crippen molar-refractivity contribution in [3.63, 3.8) is 0 Å². The summed E-state index contributed by atoms with van der Waals surface area (Å²) >= 11 is 3.52. The van der Waals surface area contributed by atoms with Gasteiger partial charge in [-0.05, 0) is 51.8 Å². The third-order valence-electron chi connectivity index (χ3n) is 4.03. The first-order valence-electron chi connectivity index (χ1n) is 9.00. The first-order valence-corrected chi connectivity index (χ1v) is 9.79. The molecule has 3 rings (SSSR count). The fraction of sp³-hybridized carbons (Fsp3) is 0.136. The molecule has 0 aliphatic carbocycles. The minimum Gasteiger partial charge on any atom is -0.483 e. The van der Waals surface area contributed by atoms with E-state index in [1.54, 1.807) is 19.1 Å². The smallest absolute Gasteiger partial charge is 0.277 e. The summed E-state index contributed by atoms with van der Waals surface area (Å²) < 4.78 is 6.38. The number of anilines is 1. The Kier molecular flexibility index (Phi) is 6.97. The summed E-state index contributed by atoms with van der Waals surface area (Å²) in [6.45, 7) is 1.48. The van der Waals surface area contributed by atoms with Crippen molar-refractivity contribution in [1.29, 1.82) is 0 Å². The Balaban J connectivity index is 1.49. The lowest BCUT2D eigenvalue weighted by Crippen LogP contribution is -2.26. The highest BCUT2D eigenvalue weighted by Gasteiger charge is 2.09. The molecule has 0 saturated carbocycles. The van der Waals surface area contributed by atoms with Gasteiger partial charge in [-0.1, -0.05) is 48.5 Å². The standard InChI is InChI=1S/C22H20BrN3O3/c1-15(13-20(27)24-17-8-3-2-4-9-17)25-26-21(28)14-29-19-12-11-16-7-5-6-10-18(16)22(19)23/h2-12H,13-14H2,1H3,(H,24,27)(H,26,28)/b25-15+. The molecule has 0 fully saturated rings. The average molecular weight is 454 g/mol. The Morgan fingerprint density at radius 2 is 1.69 bits per heavy atom. The normalized spacial score (nSPS) is 11.2. The lowest BCUT2D eigenvalue weighted by molar-refractivity contribution is -0.123. The van der Waals surface area contributed by atoms with Crippen LogP contribution in [0.2, 0.25) is 0 Å². The zero-order valence-electron chi connectivity index (χ0n) is 15.8. The maximum absolute atomic E-state index is 12.0. The van der Waals surface area contributed by atoms with Gasteiger partial charge in [0.05, 0.1) is 10.9 Å². The van der Waals surface area contributed by atoms with Gasteiger partial charge in [0.1, 0.15) is 5.75 Å². The van der Waals surface area contributed by atoms with E-state index in [0.29, 0.717) is 17.1 Å². The fourth-order valence-corrected chi connectivity index (χ4v) is 3.26. The van der Waals surface area contributed by atoms with Crippen molar-refractivity contribution in [3.05, 3.63) is 71.2 Å². The van der Waals surface area contributed by atoms with Crippen LogP contribution in [0.3, 0.4) is 0 Å². The van der Waals surface area contributed by atoms with Crippen LogP contribution in [-0.4, -0.2) is 24.1 Å². The quantitative estimate of drug-likeness (QED) is 0.408. The van der Waals surface area contributed by atoms with Gasteiger partial charge in [-0.25, -0.2) is 5.43 Å². The molecule has 0 atom stereocenters. The number of amides is 2. The second-order valence-corrected chi connectivity index (χ2v) is 7.15. The molecule has 0 heterocycles. The number of hydrazone groups is 1. The Hall–Kier alpha value is -3.19. The highest BCUT2D eigenvalue weighted by Crippen LogP contribution is 2.32. The van der Waals surface area contributed by atoms with Gasteiger partial charge in [0.2, 0.25) is 5.91 Å². The lowest BCUT2D eigenvalue weighted by atomic mass is 10.1. The van der Waals surface area contributed by atoms with Gasteiger partial charge in [0, 0.05) is 11.4 Å². The minimum atomic E-state index is -0.409. The minimum absolute atomic E-state index is 0.0756. The maximum atomic E-state index is 12.0. The van der Waals surface area contributed by atoms with Crippen LogP contribution in [0.25, 0.3) is 10.8 Å². The second kappa shape index (κ2) is 9.84. The Morgan fingerprint density at radius 1 is 0.966 bits per heavy atom. The lowest BCUT2D eigenvalue weighted by Gasteiger charge is -2.10. The fourth-order valence-electron chi connectivity index (χ4n) is 2.66. The van der Waals surface area contributed by atoms with E-state index < -0.39 is 5.91 Å². The number of hydrogen-bond donors (Lipinski definition) is 2.